The lowest BCUT2D eigenvalue weighted by atomic mass is 9.99. The predicted octanol–water partition coefficient (Wildman–Crippen LogP) is 2.16. The van der Waals surface area contributed by atoms with Gasteiger partial charge in [0.15, 0.2) is 0 Å². The molecule has 84 valence electrons. The van der Waals surface area contributed by atoms with Gasteiger partial charge in [0.25, 0.3) is 0 Å². The van der Waals surface area contributed by atoms with Crippen molar-refractivity contribution >= 4 is 0 Å². The third kappa shape index (κ3) is 1.86. The number of rotatable bonds is 2. The maximum atomic E-state index is 5.71. The molecule has 16 heavy (non-hydrogen) atoms. The van der Waals surface area contributed by atoms with Gasteiger partial charge in [-0.05, 0) is 25.0 Å². The zero-order valence-electron chi connectivity index (χ0n) is 9.99. The van der Waals surface area contributed by atoms with Gasteiger partial charge in [-0.15, -0.1) is 0 Å². The van der Waals surface area contributed by atoms with Gasteiger partial charge in [-0.1, -0.05) is 23.8 Å². The quantitative estimate of drug-likeness (QED) is 0.834. The molecule has 0 aliphatic rings. The van der Waals surface area contributed by atoms with Crippen molar-refractivity contribution in [3.05, 3.63) is 41.2 Å². The molecule has 1 aromatic heterocycles. The molecule has 2 rings (SSSR count). The number of hydrogen-bond acceptors (Lipinski definition) is 2. The second-order valence-corrected chi connectivity index (χ2v) is 4.19. The van der Waals surface area contributed by atoms with E-state index in [2.05, 4.69) is 37.1 Å². The SMILES string of the molecule is Cc1ccc(-c2cn(C)nc2CN)c(C)c1. The summed E-state index contributed by atoms with van der Waals surface area (Å²) >= 11 is 0. The number of nitrogens with two attached hydrogens (primary N) is 1. The molecule has 0 saturated carbocycles. The van der Waals surface area contributed by atoms with Crippen molar-refractivity contribution in [1.29, 1.82) is 0 Å². The Morgan fingerprint density at radius 1 is 1.25 bits per heavy atom. The summed E-state index contributed by atoms with van der Waals surface area (Å²) in [5.41, 5.74) is 11.6. The van der Waals surface area contributed by atoms with E-state index in [9.17, 15) is 0 Å². The van der Waals surface area contributed by atoms with E-state index >= 15 is 0 Å². The Bertz CT molecular complexity index is 512. The van der Waals surface area contributed by atoms with E-state index in [4.69, 9.17) is 5.73 Å². The maximum Gasteiger partial charge on any atom is 0.0838 e. The first-order valence-electron chi connectivity index (χ1n) is 5.42. The van der Waals surface area contributed by atoms with Gasteiger partial charge in [-0.3, -0.25) is 4.68 Å². The molecular formula is C13H17N3. The average molecular weight is 215 g/mol. The van der Waals surface area contributed by atoms with Gasteiger partial charge in [0.1, 0.15) is 0 Å². The number of aromatic nitrogens is 2. The summed E-state index contributed by atoms with van der Waals surface area (Å²) in [7, 11) is 1.92. The molecule has 3 heteroatoms. The Morgan fingerprint density at radius 2 is 2.00 bits per heavy atom. The molecule has 0 aliphatic heterocycles. The summed E-state index contributed by atoms with van der Waals surface area (Å²) in [6, 6.07) is 6.44. The molecule has 0 amide bonds. The minimum atomic E-state index is 0.476. The van der Waals surface area contributed by atoms with Crippen LogP contribution in [0, 0.1) is 13.8 Å². The fourth-order valence-corrected chi connectivity index (χ4v) is 2.03. The Hall–Kier alpha value is -1.61. The molecule has 0 atom stereocenters. The van der Waals surface area contributed by atoms with Crippen LogP contribution in [0.15, 0.2) is 24.4 Å². The Morgan fingerprint density at radius 3 is 2.62 bits per heavy atom. The number of aryl methyl sites for hydroxylation is 3. The van der Waals surface area contributed by atoms with E-state index in [1.54, 1.807) is 0 Å². The Labute approximate surface area is 95.9 Å². The van der Waals surface area contributed by atoms with Crippen LogP contribution >= 0.6 is 0 Å². The smallest absolute Gasteiger partial charge is 0.0838 e. The Balaban J connectivity index is 2.57. The van der Waals surface area contributed by atoms with Crippen LogP contribution in [0.25, 0.3) is 11.1 Å². The summed E-state index contributed by atoms with van der Waals surface area (Å²) in [6.07, 6.45) is 2.03. The molecular weight excluding hydrogens is 198 g/mol. The minimum Gasteiger partial charge on any atom is -0.325 e. The summed E-state index contributed by atoms with van der Waals surface area (Å²) in [4.78, 5) is 0. The zero-order chi connectivity index (χ0) is 11.7. The van der Waals surface area contributed by atoms with Gasteiger partial charge in [-0.2, -0.15) is 5.10 Å². The number of hydrogen-bond donors (Lipinski definition) is 1. The maximum absolute atomic E-state index is 5.71. The van der Waals surface area contributed by atoms with Crippen molar-refractivity contribution in [3.8, 4) is 11.1 Å². The van der Waals surface area contributed by atoms with Crippen LogP contribution in [0.5, 0.6) is 0 Å². The van der Waals surface area contributed by atoms with Gasteiger partial charge in [0.2, 0.25) is 0 Å². The van der Waals surface area contributed by atoms with Crippen LogP contribution in [0.3, 0.4) is 0 Å². The van der Waals surface area contributed by atoms with E-state index in [1.807, 2.05) is 17.9 Å². The van der Waals surface area contributed by atoms with E-state index in [-0.39, 0.29) is 0 Å². The third-order valence-electron chi connectivity index (χ3n) is 2.77. The monoisotopic (exact) mass is 215 g/mol. The van der Waals surface area contributed by atoms with E-state index in [0.717, 1.165) is 11.3 Å². The van der Waals surface area contributed by atoms with Gasteiger partial charge in [0.05, 0.1) is 5.69 Å². The van der Waals surface area contributed by atoms with Crippen molar-refractivity contribution in [2.75, 3.05) is 0 Å². The minimum absolute atomic E-state index is 0.476. The lowest BCUT2D eigenvalue weighted by Gasteiger charge is -2.06. The van der Waals surface area contributed by atoms with Crippen molar-refractivity contribution in [2.45, 2.75) is 20.4 Å². The molecule has 0 radical (unpaired) electrons. The van der Waals surface area contributed by atoms with Crippen LogP contribution in [0.1, 0.15) is 16.8 Å². The molecule has 0 aliphatic carbocycles. The van der Waals surface area contributed by atoms with Gasteiger partial charge in [0, 0.05) is 25.4 Å². The molecule has 0 bridgehead atoms. The average Bonchev–Trinajstić information content (AvgIpc) is 2.59. The summed E-state index contributed by atoms with van der Waals surface area (Å²) in [5.74, 6) is 0. The zero-order valence-corrected chi connectivity index (χ0v) is 9.99. The molecule has 2 N–H and O–H groups in total. The lowest BCUT2D eigenvalue weighted by molar-refractivity contribution is 0.742. The standard InChI is InChI=1S/C13H17N3/c1-9-4-5-11(10(2)6-9)12-8-16(3)15-13(12)7-14/h4-6,8H,7,14H2,1-3H3. The largest absolute Gasteiger partial charge is 0.325 e. The lowest BCUT2D eigenvalue weighted by Crippen LogP contribution is -2.00. The highest BCUT2D eigenvalue weighted by Gasteiger charge is 2.10. The first-order chi connectivity index (χ1) is 7.61. The highest BCUT2D eigenvalue weighted by Crippen LogP contribution is 2.26. The highest BCUT2D eigenvalue weighted by molar-refractivity contribution is 5.69. The normalized spacial score (nSPS) is 10.8. The topological polar surface area (TPSA) is 43.8 Å². The number of nitrogens with zero attached hydrogens (tertiary/aromatic N) is 2. The molecule has 0 unspecified atom stereocenters. The van der Waals surface area contributed by atoms with Crippen molar-refractivity contribution in [2.24, 2.45) is 12.8 Å². The fourth-order valence-electron chi connectivity index (χ4n) is 2.03. The molecule has 2 aromatic rings. The van der Waals surface area contributed by atoms with Crippen molar-refractivity contribution in [3.63, 3.8) is 0 Å². The summed E-state index contributed by atoms with van der Waals surface area (Å²) < 4.78 is 1.82. The van der Waals surface area contributed by atoms with E-state index in [0.29, 0.717) is 6.54 Å². The van der Waals surface area contributed by atoms with Crippen LogP contribution in [0.2, 0.25) is 0 Å². The molecule has 0 saturated heterocycles. The summed E-state index contributed by atoms with van der Waals surface area (Å²) in [5, 5.41) is 4.36. The highest BCUT2D eigenvalue weighted by atomic mass is 15.3. The molecule has 1 heterocycles. The van der Waals surface area contributed by atoms with Gasteiger partial charge < -0.3 is 5.73 Å². The van der Waals surface area contributed by atoms with Crippen LogP contribution in [0.4, 0.5) is 0 Å². The second-order valence-electron chi connectivity index (χ2n) is 4.19. The van der Waals surface area contributed by atoms with E-state index in [1.165, 1.54) is 16.7 Å². The summed E-state index contributed by atoms with van der Waals surface area (Å²) in [6.45, 7) is 4.70. The van der Waals surface area contributed by atoms with Crippen LogP contribution < -0.4 is 5.73 Å². The molecule has 1 aromatic carbocycles. The van der Waals surface area contributed by atoms with Crippen molar-refractivity contribution in [1.82, 2.24) is 9.78 Å². The molecule has 0 fully saturated rings. The first-order valence-corrected chi connectivity index (χ1v) is 5.42. The van der Waals surface area contributed by atoms with Crippen LogP contribution in [-0.2, 0) is 13.6 Å². The molecule has 3 nitrogen and oxygen atoms in total. The fraction of sp³-hybridized carbons (Fsp3) is 0.308. The number of benzene rings is 1. The van der Waals surface area contributed by atoms with E-state index < -0.39 is 0 Å². The van der Waals surface area contributed by atoms with Gasteiger partial charge >= 0.3 is 0 Å². The molecule has 0 spiro atoms. The second kappa shape index (κ2) is 4.10. The third-order valence-corrected chi connectivity index (χ3v) is 2.77. The Kier molecular flexibility index (Phi) is 2.79. The van der Waals surface area contributed by atoms with Crippen molar-refractivity contribution < 1.29 is 0 Å². The first kappa shape index (κ1) is 10.9. The predicted molar refractivity (Wildman–Crippen MR) is 66.0 cm³/mol. The van der Waals surface area contributed by atoms with Gasteiger partial charge in [-0.25, -0.2) is 0 Å². The van der Waals surface area contributed by atoms with Crippen LogP contribution in [-0.4, -0.2) is 9.78 Å².